The monoisotopic (exact) mass is 293 g/mol. The second-order valence-corrected chi connectivity index (χ2v) is 4.75. The minimum atomic E-state index is -1.20. The fourth-order valence-corrected chi connectivity index (χ4v) is 2.13. The summed E-state index contributed by atoms with van der Waals surface area (Å²) in [6.45, 7) is 0. The number of aryl methyl sites for hydroxylation is 1. The average Bonchev–Trinajstić information content (AvgIpc) is 2.85. The lowest BCUT2D eigenvalue weighted by atomic mass is 10.2. The van der Waals surface area contributed by atoms with Crippen LogP contribution in [0.4, 0.5) is 5.69 Å². The van der Waals surface area contributed by atoms with Crippen molar-refractivity contribution in [1.82, 2.24) is 9.55 Å². The topological polar surface area (TPSA) is 82.3 Å². The predicted octanol–water partition coefficient (Wildman–Crippen LogP) is 1.38. The predicted molar refractivity (Wildman–Crippen MR) is 82.7 cm³/mol. The minimum Gasteiger partial charge on any atom is -0.545 e. The van der Waals surface area contributed by atoms with Crippen molar-refractivity contribution in [3.8, 4) is 0 Å². The van der Waals surface area contributed by atoms with E-state index in [0.29, 0.717) is 5.69 Å². The third kappa shape index (κ3) is 2.67. The molecule has 0 aliphatic carbocycles. The molecule has 1 aromatic heterocycles. The second-order valence-electron chi connectivity index (χ2n) is 4.75. The Balaban J connectivity index is 1.76. The van der Waals surface area contributed by atoms with Gasteiger partial charge < -0.3 is 14.5 Å². The average molecular weight is 293 g/mol. The molecule has 0 bridgehead atoms. The van der Waals surface area contributed by atoms with Crippen molar-refractivity contribution in [2.75, 3.05) is 5.43 Å². The van der Waals surface area contributed by atoms with Gasteiger partial charge >= 0.3 is 0 Å². The van der Waals surface area contributed by atoms with Gasteiger partial charge in [0.15, 0.2) is 5.82 Å². The van der Waals surface area contributed by atoms with Gasteiger partial charge in [-0.15, -0.1) is 0 Å². The van der Waals surface area contributed by atoms with Gasteiger partial charge in [-0.25, -0.2) is 4.98 Å². The van der Waals surface area contributed by atoms with Crippen LogP contribution in [0.15, 0.2) is 53.6 Å². The van der Waals surface area contributed by atoms with Gasteiger partial charge in [0.25, 0.3) is 0 Å². The number of para-hydroxylation sites is 2. The summed E-state index contributed by atoms with van der Waals surface area (Å²) in [5.41, 5.74) is 5.58. The van der Waals surface area contributed by atoms with E-state index in [2.05, 4.69) is 15.5 Å². The number of aromatic nitrogens is 2. The summed E-state index contributed by atoms with van der Waals surface area (Å²) in [7, 11) is 1.92. The number of nitrogens with zero attached hydrogens (tertiary/aromatic N) is 3. The number of hydrogen-bond acceptors (Lipinski definition) is 5. The Kier molecular flexibility index (Phi) is 3.57. The maximum Gasteiger partial charge on any atom is 0.153 e. The van der Waals surface area contributed by atoms with Gasteiger partial charge in [0.2, 0.25) is 0 Å². The van der Waals surface area contributed by atoms with Gasteiger partial charge in [-0.2, -0.15) is 5.10 Å². The normalized spacial score (nSPS) is 11.1. The number of carboxylic acids is 1. The summed E-state index contributed by atoms with van der Waals surface area (Å²) in [5, 5.41) is 14.8. The van der Waals surface area contributed by atoms with Crippen LogP contribution in [-0.2, 0) is 7.05 Å². The molecule has 0 aliphatic rings. The Morgan fingerprint density at radius 1 is 1.23 bits per heavy atom. The SMILES string of the molecule is Cn1c(/C=N\Nc2ccc(C(=O)[O-])cc2)nc2ccccc21. The van der Waals surface area contributed by atoms with E-state index in [1.165, 1.54) is 12.1 Å². The second kappa shape index (κ2) is 5.69. The zero-order valence-corrected chi connectivity index (χ0v) is 11.9. The molecule has 22 heavy (non-hydrogen) atoms. The van der Waals surface area contributed by atoms with Crippen LogP contribution >= 0.6 is 0 Å². The highest BCUT2D eigenvalue weighted by Gasteiger charge is 2.04. The molecule has 0 atom stereocenters. The van der Waals surface area contributed by atoms with Gasteiger partial charge in [0.05, 0.1) is 28.9 Å². The van der Waals surface area contributed by atoms with Crippen molar-refractivity contribution in [2.45, 2.75) is 0 Å². The lowest BCUT2D eigenvalue weighted by Gasteiger charge is -2.03. The van der Waals surface area contributed by atoms with E-state index in [1.54, 1.807) is 18.3 Å². The Hall–Kier alpha value is -3.15. The molecule has 2 aromatic carbocycles. The Labute approximate surface area is 126 Å². The third-order valence-corrected chi connectivity index (χ3v) is 3.32. The lowest BCUT2D eigenvalue weighted by molar-refractivity contribution is -0.255. The molecule has 3 rings (SSSR count). The van der Waals surface area contributed by atoms with Gasteiger partial charge in [-0.3, -0.25) is 5.43 Å². The Bertz CT molecular complexity index is 850. The molecule has 1 N–H and O–H groups in total. The maximum atomic E-state index is 10.7. The molecule has 6 nitrogen and oxygen atoms in total. The number of carboxylic acid groups (broad SMARTS) is 1. The number of carbonyl (C=O) groups excluding carboxylic acids is 1. The van der Waals surface area contributed by atoms with Crippen molar-refractivity contribution < 1.29 is 9.90 Å². The number of hydrogen-bond donors (Lipinski definition) is 1. The van der Waals surface area contributed by atoms with Crippen LogP contribution < -0.4 is 10.5 Å². The van der Waals surface area contributed by atoms with Crippen LogP contribution in [-0.4, -0.2) is 21.7 Å². The number of imidazole rings is 1. The number of rotatable bonds is 4. The summed E-state index contributed by atoms with van der Waals surface area (Å²) in [5.74, 6) is -0.477. The summed E-state index contributed by atoms with van der Waals surface area (Å²) >= 11 is 0. The molecule has 0 saturated heterocycles. The van der Waals surface area contributed by atoms with Crippen molar-refractivity contribution in [1.29, 1.82) is 0 Å². The van der Waals surface area contributed by atoms with Crippen molar-refractivity contribution >= 4 is 28.9 Å². The number of fused-ring (bicyclic) bond motifs is 1. The first-order valence-electron chi connectivity index (χ1n) is 6.67. The van der Waals surface area contributed by atoms with Gasteiger partial charge in [-0.1, -0.05) is 24.3 Å². The molecule has 0 amide bonds. The van der Waals surface area contributed by atoms with Crippen molar-refractivity contribution in [3.05, 3.63) is 59.9 Å². The molecule has 0 saturated carbocycles. The number of nitrogens with one attached hydrogen (secondary N) is 1. The van der Waals surface area contributed by atoms with Crippen LogP contribution in [0, 0.1) is 0 Å². The molecular formula is C16H13N4O2-. The lowest BCUT2D eigenvalue weighted by Crippen LogP contribution is -2.21. The molecule has 0 spiro atoms. The zero-order valence-electron chi connectivity index (χ0n) is 11.9. The molecule has 0 radical (unpaired) electrons. The van der Waals surface area contributed by atoms with Gasteiger partial charge in [0, 0.05) is 7.05 Å². The number of anilines is 1. The molecule has 0 aliphatic heterocycles. The van der Waals surface area contributed by atoms with Gasteiger partial charge in [-0.05, 0) is 29.8 Å². The smallest absolute Gasteiger partial charge is 0.153 e. The highest BCUT2D eigenvalue weighted by Crippen LogP contribution is 2.13. The molecule has 1 heterocycles. The number of hydrazone groups is 1. The number of carbonyl (C=O) groups is 1. The van der Waals surface area contributed by atoms with Crippen molar-refractivity contribution in [3.63, 3.8) is 0 Å². The highest BCUT2D eigenvalue weighted by molar-refractivity contribution is 5.86. The molecule has 0 fully saturated rings. The van der Waals surface area contributed by atoms with Crippen LogP contribution in [0.2, 0.25) is 0 Å². The fraction of sp³-hybridized carbons (Fsp3) is 0.0625. The molecular weight excluding hydrogens is 280 g/mol. The van der Waals surface area contributed by atoms with E-state index in [0.717, 1.165) is 16.9 Å². The highest BCUT2D eigenvalue weighted by atomic mass is 16.4. The Morgan fingerprint density at radius 2 is 1.95 bits per heavy atom. The number of aromatic carboxylic acids is 1. The molecule has 6 heteroatoms. The summed E-state index contributed by atoms with van der Waals surface area (Å²) in [6, 6.07) is 14.0. The first-order chi connectivity index (χ1) is 10.6. The minimum absolute atomic E-state index is 0.130. The quantitative estimate of drug-likeness (QED) is 0.582. The van der Waals surface area contributed by atoms with Crippen LogP contribution in [0.1, 0.15) is 16.2 Å². The van der Waals surface area contributed by atoms with Crippen LogP contribution in [0.25, 0.3) is 11.0 Å². The van der Waals surface area contributed by atoms with E-state index in [1.807, 2.05) is 35.9 Å². The molecule has 3 aromatic rings. The van der Waals surface area contributed by atoms with E-state index < -0.39 is 5.97 Å². The van der Waals surface area contributed by atoms with E-state index >= 15 is 0 Å². The standard InChI is InChI=1S/C16H14N4O2/c1-20-14-5-3-2-4-13(14)18-15(20)10-17-19-12-8-6-11(7-9-12)16(21)22/h2-10,19H,1H3,(H,21,22)/p-1/b17-10-. The summed E-state index contributed by atoms with van der Waals surface area (Å²) in [4.78, 5) is 15.1. The van der Waals surface area contributed by atoms with E-state index in [4.69, 9.17) is 0 Å². The maximum absolute atomic E-state index is 10.7. The largest absolute Gasteiger partial charge is 0.545 e. The van der Waals surface area contributed by atoms with E-state index in [-0.39, 0.29) is 5.56 Å². The first-order valence-corrected chi connectivity index (χ1v) is 6.67. The van der Waals surface area contributed by atoms with E-state index in [9.17, 15) is 9.90 Å². The fourth-order valence-electron chi connectivity index (χ4n) is 2.13. The van der Waals surface area contributed by atoms with Crippen LogP contribution in [0.5, 0.6) is 0 Å². The van der Waals surface area contributed by atoms with Crippen molar-refractivity contribution in [2.24, 2.45) is 12.1 Å². The van der Waals surface area contributed by atoms with Gasteiger partial charge in [0.1, 0.15) is 0 Å². The summed E-state index contributed by atoms with van der Waals surface area (Å²) < 4.78 is 1.94. The molecule has 110 valence electrons. The third-order valence-electron chi connectivity index (χ3n) is 3.32. The molecule has 0 unspecified atom stereocenters. The number of benzene rings is 2. The first kappa shape index (κ1) is 13.8. The van der Waals surface area contributed by atoms with Crippen LogP contribution in [0.3, 0.4) is 0 Å². The summed E-state index contributed by atoms with van der Waals surface area (Å²) in [6.07, 6.45) is 1.62. The zero-order chi connectivity index (χ0) is 15.5. The Morgan fingerprint density at radius 3 is 2.64 bits per heavy atom.